The van der Waals surface area contributed by atoms with Crippen LogP contribution in [0.1, 0.15) is 25.2 Å². The van der Waals surface area contributed by atoms with Crippen LogP contribution in [0.2, 0.25) is 0 Å². The van der Waals surface area contributed by atoms with Crippen molar-refractivity contribution in [3.8, 4) is 5.75 Å². The van der Waals surface area contributed by atoms with E-state index in [9.17, 15) is 9.90 Å². The predicted octanol–water partition coefficient (Wildman–Crippen LogP) is 1.29. The second-order valence-corrected chi connectivity index (χ2v) is 5.22. The molecular weight excluding hydrogens is 272 g/mol. The van der Waals surface area contributed by atoms with Crippen LogP contribution in [0.3, 0.4) is 0 Å². The number of carboxylic acids is 1. The van der Waals surface area contributed by atoms with Gasteiger partial charge in [-0.05, 0) is 48.4 Å². The van der Waals surface area contributed by atoms with E-state index in [1.165, 1.54) is 4.68 Å². The average Bonchev–Trinajstić information content (AvgIpc) is 2.94. The van der Waals surface area contributed by atoms with Gasteiger partial charge >= 0.3 is 5.97 Å². The summed E-state index contributed by atoms with van der Waals surface area (Å²) in [6.07, 6.45) is 1.29. The molecule has 112 valence electrons. The number of nitrogens with zero attached hydrogens (tertiary/aromatic N) is 4. The summed E-state index contributed by atoms with van der Waals surface area (Å²) in [5, 5.41) is 20.6. The number of ether oxygens (including phenoxy) is 1. The van der Waals surface area contributed by atoms with E-state index in [1.807, 2.05) is 24.3 Å². The summed E-state index contributed by atoms with van der Waals surface area (Å²) in [5.41, 5.74) is -0.0582. The molecule has 1 N–H and O–H groups in total. The third kappa shape index (κ3) is 3.18. The Balaban J connectivity index is 2.10. The van der Waals surface area contributed by atoms with Crippen LogP contribution in [0.15, 0.2) is 24.3 Å². The Hall–Kier alpha value is -2.44. The van der Waals surface area contributed by atoms with Crippen molar-refractivity contribution in [1.29, 1.82) is 0 Å². The summed E-state index contributed by atoms with van der Waals surface area (Å²) in [7, 11) is 1.62. The highest BCUT2D eigenvalue weighted by Gasteiger charge is 2.33. The fourth-order valence-electron chi connectivity index (χ4n) is 1.93. The number of carbonyl (C=O) groups is 1. The number of aryl methyl sites for hydroxylation is 2. The highest BCUT2D eigenvalue weighted by Crippen LogP contribution is 2.17. The standard InChI is InChI=1S/C14H18N4O3/c1-14(2,13(19)20)18-12(15-16-17-18)9-6-10-4-7-11(21-3)8-5-10/h4-5,7-8H,6,9H2,1-3H3,(H,19,20). The Morgan fingerprint density at radius 2 is 1.95 bits per heavy atom. The lowest BCUT2D eigenvalue weighted by Gasteiger charge is -2.20. The number of benzene rings is 1. The number of rotatable bonds is 6. The lowest BCUT2D eigenvalue weighted by Crippen LogP contribution is -2.38. The highest BCUT2D eigenvalue weighted by molar-refractivity contribution is 5.75. The van der Waals surface area contributed by atoms with E-state index in [-0.39, 0.29) is 0 Å². The van der Waals surface area contributed by atoms with Crippen LogP contribution in [-0.2, 0) is 23.2 Å². The van der Waals surface area contributed by atoms with Gasteiger partial charge in [0.2, 0.25) is 0 Å². The zero-order valence-electron chi connectivity index (χ0n) is 12.3. The van der Waals surface area contributed by atoms with E-state index in [2.05, 4.69) is 15.5 Å². The normalized spacial score (nSPS) is 11.4. The lowest BCUT2D eigenvalue weighted by atomic mass is 10.1. The number of methoxy groups -OCH3 is 1. The largest absolute Gasteiger partial charge is 0.497 e. The van der Waals surface area contributed by atoms with Gasteiger partial charge in [0.1, 0.15) is 5.75 Å². The van der Waals surface area contributed by atoms with Gasteiger partial charge in [0.05, 0.1) is 7.11 Å². The SMILES string of the molecule is COc1ccc(CCc2nnnn2C(C)(C)C(=O)O)cc1. The molecule has 21 heavy (non-hydrogen) atoms. The minimum atomic E-state index is -1.17. The third-order valence-corrected chi connectivity index (χ3v) is 3.38. The second-order valence-electron chi connectivity index (χ2n) is 5.22. The summed E-state index contributed by atoms with van der Waals surface area (Å²) < 4.78 is 6.47. The molecule has 0 aliphatic carbocycles. The van der Waals surface area contributed by atoms with Gasteiger partial charge in [-0.1, -0.05) is 12.1 Å². The molecule has 0 atom stereocenters. The number of hydrogen-bond donors (Lipinski definition) is 1. The van der Waals surface area contributed by atoms with Crippen LogP contribution in [0.4, 0.5) is 0 Å². The number of aliphatic carboxylic acids is 1. The molecule has 0 saturated heterocycles. The molecule has 0 fully saturated rings. The van der Waals surface area contributed by atoms with Crippen molar-refractivity contribution in [3.05, 3.63) is 35.7 Å². The summed E-state index contributed by atoms with van der Waals surface area (Å²) >= 11 is 0. The molecule has 0 amide bonds. The van der Waals surface area contributed by atoms with Gasteiger partial charge in [-0.3, -0.25) is 0 Å². The highest BCUT2D eigenvalue weighted by atomic mass is 16.5. The minimum Gasteiger partial charge on any atom is -0.497 e. The number of hydrogen-bond acceptors (Lipinski definition) is 5. The third-order valence-electron chi connectivity index (χ3n) is 3.38. The second kappa shape index (κ2) is 5.90. The molecule has 0 aliphatic heterocycles. The molecule has 0 spiro atoms. The molecular formula is C14H18N4O3. The smallest absolute Gasteiger partial charge is 0.331 e. The fraction of sp³-hybridized carbons (Fsp3) is 0.429. The Labute approximate surface area is 122 Å². The van der Waals surface area contributed by atoms with Crippen molar-refractivity contribution >= 4 is 5.97 Å². The van der Waals surface area contributed by atoms with Gasteiger partial charge in [0.25, 0.3) is 0 Å². The Morgan fingerprint density at radius 1 is 1.29 bits per heavy atom. The van der Waals surface area contributed by atoms with E-state index in [0.717, 1.165) is 17.7 Å². The molecule has 2 rings (SSSR count). The Bertz CT molecular complexity index is 619. The molecule has 0 radical (unpaired) electrons. The molecule has 7 heteroatoms. The summed E-state index contributed by atoms with van der Waals surface area (Å²) in [6, 6.07) is 7.71. The van der Waals surface area contributed by atoms with Gasteiger partial charge in [-0.25, -0.2) is 9.48 Å². The molecule has 0 aliphatic rings. The molecule has 1 aromatic carbocycles. The number of tetrazole rings is 1. The van der Waals surface area contributed by atoms with E-state index < -0.39 is 11.5 Å². The van der Waals surface area contributed by atoms with Crippen molar-refractivity contribution in [2.75, 3.05) is 7.11 Å². The first-order valence-electron chi connectivity index (χ1n) is 6.59. The predicted molar refractivity (Wildman–Crippen MR) is 75.2 cm³/mol. The van der Waals surface area contributed by atoms with Crippen LogP contribution >= 0.6 is 0 Å². The van der Waals surface area contributed by atoms with Crippen LogP contribution < -0.4 is 4.74 Å². The first-order chi connectivity index (χ1) is 9.95. The molecule has 1 aromatic heterocycles. The fourth-order valence-corrected chi connectivity index (χ4v) is 1.93. The van der Waals surface area contributed by atoms with Crippen LogP contribution in [0.25, 0.3) is 0 Å². The average molecular weight is 290 g/mol. The van der Waals surface area contributed by atoms with Crippen LogP contribution in [0, 0.1) is 0 Å². The number of carboxylic acid groups (broad SMARTS) is 1. The molecule has 7 nitrogen and oxygen atoms in total. The molecule has 0 saturated carbocycles. The Kier molecular flexibility index (Phi) is 4.21. The van der Waals surface area contributed by atoms with Crippen LogP contribution in [0.5, 0.6) is 5.75 Å². The van der Waals surface area contributed by atoms with Gasteiger partial charge < -0.3 is 9.84 Å². The summed E-state index contributed by atoms with van der Waals surface area (Å²) in [5.74, 6) is 0.384. The van der Waals surface area contributed by atoms with Gasteiger partial charge in [0, 0.05) is 6.42 Å². The van der Waals surface area contributed by atoms with Crippen molar-refractivity contribution in [2.24, 2.45) is 0 Å². The van der Waals surface area contributed by atoms with Crippen molar-refractivity contribution in [3.63, 3.8) is 0 Å². The summed E-state index contributed by atoms with van der Waals surface area (Å²) in [6.45, 7) is 3.14. The van der Waals surface area contributed by atoms with Gasteiger partial charge in [-0.2, -0.15) is 0 Å². The van der Waals surface area contributed by atoms with Crippen molar-refractivity contribution in [2.45, 2.75) is 32.2 Å². The van der Waals surface area contributed by atoms with E-state index in [1.54, 1.807) is 21.0 Å². The maximum Gasteiger partial charge on any atom is 0.331 e. The first-order valence-corrected chi connectivity index (χ1v) is 6.59. The monoisotopic (exact) mass is 290 g/mol. The topological polar surface area (TPSA) is 90.1 Å². The molecule has 1 heterocycles. The zero-order valence-corrected chi connectivity index (χ0v) is 12.3. The quantitative estimate of drug-likeness (QED) is 0.862. The van der Waals surface area contributed by atoms with E-state index >= 15 is 0 Å². The Morgan fingerprint density at radius 3 is 2.52 bits per heavy atom. The zero-order chi connectivity index (χ0) is 15.5. The molecule has 0 bridgehead atoms. The van der Waals surface area contributed by atoms with Crippen molar-refractivity contribution in [1.82, 2.24) is 20.2 Å². The molecule has 0 unspecified atom stereocenters. The lowest BCUT2D eigenvalue weighted by molar-refractivity contribution is -0.146. The minimum absolute atomic E-state index is 0.554. The maximum atomic E-state index is 11.3. The molecule has 2 aromatic rings. The maximum absolute atomic E-state index is 11.3. The number of aromatic nitrogens is 4. The van der Waals surface area contributed by atoms with E-state index in [4.69, 9.17) is 4.74 Å². The first kappa shape index (κ1) is 15.0. The summed E-state index contributed by atoms with van der Waals surface area (Å²) in [4.78, 5) is 11.3. The van der Waals surface area contributed by atoms with E-state index in [0.29, 0.717) is 12.2 Å². The van der Waals surface area contributed by atoms with Gasteiger partial charge in [0.15, 0.2) is 11.4 Å². The van der Waals surface area contributed by atoms with Gasteiger partial charge in [-0.15, -0.1) is 5.10 Å². The van der Waals surface area contributed by atoms with Crippen molar-refractivity contribution < 1.29 is 14.6 Å². The van der Waals surface area contributed by atoms with Crippen LogP contribution in [-0.4, -0.2) is 38.4 Å².